The number of rotatable bonds is 4. The zero-order valence-electron chi connectivity index (χ0n) is 15.0. The third-order valence-corrected chi connectivity index (χ3v) is 4.18. The van der Waals surface area contributed by atoms with E-state index >= 15 is 0 Å². The van der Waals surface area contributed by atoms with Crippen LogP contribution in [0.5, 0.6) is 17.2 Å². The average Bonchev–Trinajstić information content (AvgIpc) is 2.87. The van der Waals surface area contributed by atoms with E-state index in [0.717, 1.165) is 11.3 Å². The first-order valence-electron chi connectivity index (χ1n) is 8.10. The van der Waals surface area contributed by atoms with Crippen LogP contribution in [-0.4, -0.2) is 46.5 Å². The van der Waals surface area contributed by atoms with Crippen molar-refractivity contribution in [3.63, 3.8) is 0 Å². The minimum absolute atomic E-state index is 0.180. The van der Waals surface area contributed by atoms with E-state index in [9.17, 15) is 4.79 Å². The Morgan fingerprint density at radius 2 is 1.77 bits per heavy atom. The van der Waals surface area contributed by atoms with Gasteiger partial charge in [0.05, 0.1) is 33.6 Å². The van der Waals surface area contributed by atoms with E-state index in [2.05, 4.69) is 4.99 Å². The molecule has 0 atom stereocenters. The average molecular weight is 355 g/mol. The lowest BCUT2D eigenvalue weighted by Gasteiger charge is -2.23. The van der Waals surface area contributed by atoms with Crippen molar-refractivity contribution >= 4 is 23.5 Å². The van der Waals surface area contributed by atoms with Crippen molar-refractivity contribution in [3.8, 4) is 17.2 Å². The minimum atomic E-state index is -0.180. The number of ether oxygens (including phenoxy) is 3. The van der Waals surface area contributed by atoms with Crippen LogP contribution in [0.15, 0.2) is 35.3 Å². The number of benzene rings is 2. The summed E-state index contributed by atoms with van der Waals surface area (Å²) in [6.45, 7) is 0.966. The Hall–Kier alpha value is -3.22. The fourth-order valence-electron chi connectivity index (χ4n) is 2.93. The van der Waals surface area contributed by atoms with E-state index in [4.69, 9.17) is 19.9 Å². The molecule has 2 N–H and O–H groups in total. The maximum absolute atomic E-state index is 13.2. The van der Waals surface area contributed by atoms with Crippen molar-refractivity contribution in [2.75, 3.05) is 45.1 Å². The normalized spacial score (nSPS) is 13.0. The van der Waals surface area contributed by atoms with Crippen LogP contribution in [-0.2, 0) is 0 Å². The number of aliphatic imine (C=N–C) groups is 1. The minimum Gasteiger partial charge on any atom is -0.493 e. The monoisotopic (exact) mass is 355 g/mol. The molecule has 0 aromatic heterocycles. The number of carbonyl (C=O) groups excluding carboxylic acids is 1. The summed E-state index contributed by atoms with van der Waals surface area (Å²) in [5, 5.41) is 0. The molecule has 136 valence electrons. The molecule has 0 saturated heterocycles. The number of carbonyl (C=O) groups is 1. The van der Waals surface area contributed by atoms with E-state index in [-0.39, 0.29) is 5.91 Å². The highest BCUT2D eigenvalue weighted by atomic mass is 16.5. The van der Waals surface area contributed by atoms with Gasteiger partial charge in [0.2, 0.25) is 5.75 Å². The Morgan fingerprint density at radius 1 is 1.08 bits per heavy atom. The second-order valence-corrected chi connectivity index (χ2v) is 5.72. The first-order chi connectivity index (χ1) is 12.6. The third-order valence-electron chi connectivity index (χ3n) is 4.18. The quantitative estimate of drug-likeness (QED) is 0.851. The Bertz CT molecular complexity index is 839. The largest absolute Gasteiger partial charge is 0.493 e. The predicted molar refractivity (Wildman–Crippen MR) is 101 cm³/mol. The van der Waals surface area contributed by atoms with Crippen molar-refractivity contribution in [2.45, 2.75) is 0 Å². The summed E-state index contributed by atoms with van der Waals surface area (Å²) < 4.78 is 16.0. The molecule has 2 aromatic carbocycles. The second-order valence-electron chi connectivity index (χ2n) is 5.72. The summed E-state index contributed by atoms with van der Waals surface area (Å²) in [5.74, 6) is 1.12. The standard InChI is InChI=1S/C19H21N3O4/c1-24-16-9-12(10-17(25-2)18(16)26-3)19(23)22-7-6-21-11-13-8-14(20)4-5-15(13)22/h4-5,8-11H,6-7,20H2,1-3H3. The van der Waals surface area contributed by atoms with Crippen LogP contribution in [0.3, 0.4) is 0 Å². The van der Waals surface area contributed by atoms with E-state index < -0.39 is 0 Å². The summed E-state index contributed by atoms with van der Waals surface area (Å²) in [6.07, 6.45) is 1.74. The summed E-state index contributed by atoms with van der Waals surface area (Å²) in [7, 11) is 4.56. The predicted octanol–water partition coefficient (Wildman–Crippen LogP) is 2.37. The molecule has 1 heterocycles. The van der Waals surface area contributed by atoms with E-state index in [1.54, 1.807) is 35.4 Å². The molecule has 7 nitrogen and oxygen atoms in total. The lowest BCUT2D eigenvalue weighted by atomic mass is 10.1. The summed E-state index contributed by atoms with van der Waals surface area (Å²) >= 11 is 0. The first kappa shape index (κ1) is 17.6. The van der Waals surface area contributed by atoms with Gasteiger partial charge in [-0.1, -0.05) is 0 Å². The van der Waals surface area contributed by atoms with Crippen molar-refractivity contribution in [1.29, 1.82) is 0 Å². The molecule has 0 saturated carbocycles. The van der Waals surface area contributed by atoms with Crippen LogP contribution in [0, 0.1) is 0 Å². The molecule has 0 fully saturated rings. The van der Waals surface area contributed by atoms with Crippen LogP contribution < -0.4 is 24.8 Å². The molecule has 0 aliphatic carbocycles. The molecule has 0 radical (unpaired) electrons. The van der Waals surface area contributed by atoms with Gasteiger partial charge in [0.15, 0.2) is 11.5 Å². The Labute approximate surface area is 152 Å². The number of hydrogen-bond acceptors (Lipinski definition) is 6. The second kappa shape index (κ2) is 7.35. The zero-order valence-corrected chi connectivity index (χ0v) is 15.0. The first-order valence-corrected chi connectivity index (χ1v) is 8.10. The third kappa shape index (κ3) is 3.15. The van der Waals surface area contributed by atoms with Crippen molar-refractivity contribution in [3.05, 3.63) is 41.5 Å². The zero-order chi connectivity index (χ0) is 18.7. The van der Waals surface area contributed by atoms with Crippen molar-refractivity contribution < 1.29 is 19.0 Å². The molecule has 2 aromatic rings. The van der Waals surface area contributed by atoms with E-state index in [1.165, 1.54) is 21.3 Å². The fraction of sp³-hybridized carbons (Fsp3) is 0.263. The number of fused-ring (bicyclic) bond motifs is 1. The van der Waals surface area contributed by atoms with Crippen LogP contribution in [0.4, 0.5) is 11.4 Å². The van der Waals surface area contributed by atoms with Gasteiger partial charge in [-0.3, -0.25) is 9.79 Å². The number of anilines is 2. The van der Waals surface area contributed by atoms with Gasteiger partial charge in [0.1, 0.15) is 0 Å². The number of nitrogens with two attached hydrogens (primary N) is 1. The SMILES string of the molecule is COc1cc(C(=O)N2CCN=Cc3cc(N)ccc32)cc(OC)c1OC. The van der Waals surface area contributed by atoms with Crippen LogP contribution in [0.1, 0.15) is 15.9 Å². The molecule has 26 heavy (non-hydrogen) atoms. The fourth-order valence-corrected chi connectivity index (χ4v) is 2.93. The van der Waals surface area contributed by atoms with Gasteiger partial charge in [-0.25, -0.2) is 0 Å². The molecule has 7 heteroatoms. The number of nitrogen functional groups attached to an aromatic ring is 1. The van der Waals surface area contributed by atoms with Gasteiger partial charge in [-0.05, 0) is 30.3 Å². The number of hydrogen-bond donors (Lipinski definition) is 1. The van der Waals surface area contributed by atoms with Crippen LogP contribution in [0.2, 0.25) is 0 Å². The molecule has 0 bridgehead atoms. The molecule has 1 amide bonds. The van der Waals surface area contributed by atoms with Gasteiger partial charge < -0.3 is 24.8 Å². The van der Waals surface area contributed by atoms with Gasteiger partial charge >= 0.3 is 0 Å². The Kier molecular flexibility index (Phi) is 4.97. The maximum Gasteiger partial charge on any atom is 0.258 e. The molecular weight excluding hydrogens is 334 g/mol. The molecular formula is C19H21N3O4. The van der Waals surface area contributed by atoms with Crippen molar-refractivity contribution in [1.82, 2.24) is 0 Å². The number of benzodiazepines with no additional fused rings is 1. The van der Waals surface area contributed by atoms with Gasteiger partial charge in [0, 0.05) is 29.6 Å². The van der Waals surface area contributed by atoms with Gasteiger partial charge in [-0.15, -0.1) is 0 Å². The molecule has 0 unspecified atom stereocenters. The van der Waals surface area contributed by atoms with E-state index in [1.807, 2.05) is 6.07 Å². The lowest BCUT2D eigenvalue weighted by Crippen LogP contribution is -2.33. The highest BCUT2D eigenvalue weighted by molar-refractivity contribution is 6.09. The summed E-state index contributed by atoms with van der Waals surface area (Å²) in [4.78, 5) is 19.2. The summed E-state index contributed by atoms with van der Waals surface area (Å²) in [6, 6.07) is 8.70. The number of methoxy groups -OCH3 is 3. The van der Waals surface area contributed by atoms with Gasteiger partial charge in [-0.2, -0.15) is 0 Å². The van der Waals surface area contributed by atoms with Crippen LogP contribution >= 0.6 is 0 Å². The Balaban J connectivity index is 2.05. The molecule has 3 rings (SSSR count). The van der Waals surface area contributed by atoms with Crippen molar-refractivity contribution in [2.24, 2.45) is 4.99 Å². The maximum atomic E-state index is 13.2. The topological polar surface area (TPSA) is 86.4 Å². The Morgan fingerprint density at radius 3 is 2.38 bits per heavy atom. The highest BCUT2D eigenvalue weighted by Crippen LogP contribution is 2.39. The molecule has 0 spiro atoms. The number of nitrogens with zero attached hydrogens (tertiary/aromatic N) is 2. The van der Waals surface area contributed by atoms with Crippen LogP contribution in [0.25, 0.3) is 0 Å². The molecule has 1 aliphatic rings. The number of amides is 1. The lowest BCUT2D eigenvalue weighted by molar-refractivity contribution is 0.0987. The summed E-state index contributed by atoms with van der Waals surface area (Å²) in [5.41, 5.74) is 8.49. The highest BCUT2D eigenvalue weighted by Gasteiger charge is 2.24. The molecule has 1 aliphatic heterocycles. The van der Waals surface area contributed by atoms with Gasteiger partial charge in [0.25, 0.3) is 5.91 Å². The van der Waals surface area contributed by atoms with E-state index in [0.29, 0.717) is 41.6 Å². The smallest absolute Gasteiger partial charge is 0.258 e.